The molecule has 0 aliphatic heterocycles. The molecule has 0 radical (unpaired) electrons. The van der Waals surface area contributed by atoms with E-state index in [9.17, 15) is 4.57 Å². The van der Waals surface area contributed by atoms with Crippen molar-refractivity contribution in [1.29, 1.82) is 0 Å². The van der Waals surface area contributed by atoms with E-state index >= 15 is 0 Å². The van der Waals surface area contributed by atoms with Crippen LogP contribution in [0.1, 0.15) is 31.5 Å². The minimum absolute atomic E-state index is 0.103. The Kier molecular flexibility index (Phi) is 6.36. The maximum absolute atomic E-state index is 10.7. The van der Waals surface area contributed by atoms with Crippen molar-refractivity contribution in [1.82, 2.24) is 9.97 Å². The molecule has 0 amide bonds. The van der Waals surface area contributed by atoms with Gasteiger partial charge in [0.1, 0.15) is 17.7 Å². The highest BCUT2D eigenvalue weighted by Crippen LogP contribution is 2.31. The van der Waals surface area contributed by atoms with Crippen molar-refractivity contribution in [2.24, 2.45) is 0 Å². The van der Waals surface area contributed by atoms with E-state index in [1.165, 1.54) is 0 Å². The molecule has 1 aliphatic carbocycles. The average Bonchev–Trinajstić information content (AvgIpc) is 2.47. The number of nitrogens with zero attached hydrogens (tertiary/aromatic N) is 3. The first kappa shape index (κ1) is 16.6. The summed E-state index contributed by atoms with van der Waals surface area (Å²) in [5.74, 6) is 2.46. The van der Waals surface area contributed by atoms with Crippen molar-refractivity contribution in [3.05, 3.63) is 18.1 Å². The number of hydrogen-bond donors (Lipinski definition) is 2. The molecule has 1 heterocycles. The van der Waals surface area contributed by atoms with Crippen LogP contribution in [-0.4, -0.2) is 39.8 Å². The lowest BCUT2D eigenvalue weighted by Gasteiger charge is -2.33. The second kappa shape index (κ2) is 8.03. The van der Waals surface area contributed by atoms with Crippen molar-refractivity contribution in [2.75, 3.05) is 17.7 Å². The molecule has 0 saturated heterocycles. The van der Waals surface area contributed by atoms with Crippen LogP contribution in [-0.2, 0) is 15.5 Å². The molecule has 0 bridgehead atoms. The molecular formula is C13H21N3O3PS+. The highest BCUT2D eigenvalue weighted by molar-refractivity contribution is 7.80. The van der Waals surface area contributed by atoms with Crippen molar-refractivity contribution >= 4 is 26.7 Å². The van der Waals surface area contributed by atoms with Crippen LogP contribution in [0.2, 0.25) is 0 Å². The summed E-state index contributed by atoms with van der Waals surface area (Å²) in [5.41, 5.74) is 0. The van der Waals surface area contributed by atoms with Gasteiger partial charge in [-0.2, -0.15) is 12.6 Å². The quantitative estimate of drug-likeness (QED) is 0.616. The standard InChI is InChI=1S/C13H20N3O3PS/c1-16(13-6-8-14-12(15-13)7-9-21)10-2-4-11(5-3-10)19-20(17)18/h6,8,10-11H,2-5,7,9H2,1H3,(H-,17,18,21)/p+1. The van der Waals surface area contributed by atoms with Crippen LogP contribution in [0.3, 0.4) is 0 Å². The van der Waals surface area contributed by atoms with Crippen LogP contribution in [0.5, 0.6) is 0 Å². The van der Waals surface area contributed by atoms with E-state index in [1.54, 1.807) is 6.20 Å². The fraction of sp³-hybridized carbons (Fsp3) is 0.692. The van der Waals surface area contributed by atoms with Crippen LogP contribution >= 0.6 is 20.9 Å². The van der Waals surface area contributed by atoms with Gasteiger partial charge in [-0.3, -0.25) is 0 Å². The van der Waals surface area contributed by atoms with Gasteiger partial charge in [0.2, 0.25) is 0 Å². The van der Waals surface area contributed by atoms with Crippen molar-refractivity contribution in [3.8, 4) is 0 Å². The second-order valence-corrected chi connectivity index (χ2v) is 6.32. The first-order valence-corrected chi connectivity index (χ1v) is 8.85. The van der Waals surface area contributed by atoms with Gasteiger partial charge < -0.3 is 4.90 Å². The third kappa shape index (κ3) is 4.88. The number of aryl methyl sites for hydroxylation is 1. The summed E-state index contributed by atoms with van der Waals surface area (Å²) in [7, 11) is -0.464. The molecule has 1 aliphatic rings. The molecule has 21 heavy (non-hydrogen) atoms. The molecule has 1 atom stereocenters. The van der Waals surface area contributed by atoms with Crippen LogP contribution in [0, 0.1) is 0 Å². The van der Waals surface area contributed by atoms with Crippen LogP contribution in [0.15, 0.2) is 12.3 Å². The van der Waals surface area contributed by atoms with Gasteiger partial charge in [0.15, 0.2) is 0 Å². The minimum atomic E-state index is -2.50. The molecular weight excluding hydrogens is 309 g/mol. The largest absolute Gasteiger partial charge is 0.694 e. The first-order chi connectivity index (χ1) is 10.1. The monoisotopic (exact) mass is 330 g/mol. The number of anilines is 1. The highest BCUT2D eigenvalue weighted by Gasteiger charge is 2.30. The van der Waals surface area contributed by atoms with Crippen molar-refractivity contribution < 1.29 is 14.0 Å². The molecule has 0 aromatic carbocycles. The smallest absolute Gasteiger partial charge is 0.357 e. The minimum Gasteiger partial charge on any atom is -0.357 e. The molecule has 2 rings (SSSR count). The van der Waals surface area contributed by atoms with Gasteiger partial charge in [-0.25, -0.2) is 9.97 Å². The molecule has 1 saturated carbocycles. The Morgan fingerprint density at radius 1 is 1.48 bits per heavy atom. The topological polar surface area (TPSA) is 75.5 Å². The van der Waals surface area contributed by atoms with E-state index in [-0.39, 0.29) is 6.10 Å². The molecule has 1 aromatic heterocycles. The van der Waals surface area contributed by atoms with Gasteiger partial charge in [-0.1, -0.05) is 0 Å². The molecule has 116 valence electrons. The van der Waals surface area contributed by atoms with E-state index in [4.69, 9.17) is 9.42 Å². The molecule has 1 N–H and O–H groups in total. The third-order valence-corrected chi connectivity index (χ3v) is 4.52. The Balaban J connectivity index is 1.93. The zero-order valence-corrected chi connectivity index (χ0v) is 13.8. The lowest BCUT2D eigenvalue weighted by molar-refractivity contribution is 0.139. The van der Waals surface area contributed by atoms with Crippen molar-refractivity contribution in [3.63, 3.8) is 0 Å². The van der Waals surface area contributed by atoms with Crippen LogP contribution in [0.4, 0.5) is 5.82 Å². The summed E-state index contributed by atoms with van der Waals surface area (Å²) in [4.78, 5) is 19.7. The number of rotatable bonds is 6. The Morgan fingerprint density at radius 2 is 2.19 bits per heavy atom. The SMILES string of the molecule is CN(c1ccnc(CCS)n1)C1CCC(O[P+](=O)O)CC1. The van der Waals surface area contributed by atoms with E-state index in [0.29, 0.717) is 6.04 Å². The Bertz CT molecular complexity index is 483. The molecule has 1 fully saturated rings. The summed E-state index contributed by atoms with van der Waals surface area (Å²) >= 11 is 4.20. The van der Waals surface area contributed by atoms with Gasteiger partial charge in [-0.05, 0) is 37.5 Å². The van der Waals surface area contributed by atoms with Gasteiger partial charge in [0.05, 0.1) is 0 Å². The summed E-state index contributed by atoms with van der Waals surface area (Å²) in [6, 6.07) is 2.29. The number of aromatic nitrogens is 2. The van der Waals surface area contributed by atoms with Gasteiger partial charge in [0, 0.05) is 30.3 Å². The van der Waals surface area contributed by atoms with E-state index in [0.717, 1.165) is 49.5 Å². The summed E-state index contributed by atoms with van der Waals surface area (Å²) in [6.07, 6.45) is 5.88. The zero-order chi connectivity index (χ0) is 15.2. The predicted molar refractivity (Wildman–Crippen MR) is 84.9 cm³/mol. The maximum Gasteiger partial charge on any atom is 0.694 e. The van der Waals surface area contributed by atoms with Crippen LogP contribution < -0.4 is 4.90 Å². The summed E-state index contributed by atoms with van der Waals surface area (Å²) in [6.45, 7) is 0. The first-order valence-electron chi connectivity index (χ1n) is 7.08. The Morgan fingerprint density at radius 3 is 2.81 bits per heavy atom. The number of thiol groups is 1. The van der Waals surface area contributed by atoms with Crippen molar-refractivity contribution in [2.45, 2.75) is 44.2 Å². The van der Waals surface area contributed by atoms with Gasteiger partial charge in [-0.15, -0.1) is 9.42 Å². The summed E-state index contributed by atoms with van der Waals surface area (Å²) in [5, 5.41) is 0. The Labute approximate surface area is 131 Å². The predicted octanol–water partition coefficient (Wildman–Crippen LogP) is 2.36. The fourth-order valence-corrected chi connectivity index (χ4v) is 3.32. The van der Waals surface area contributed by atoms with E-state index in [1.807, 2.05) is 13.1 Å². The molecule has 1 unspecified atom stereocenters. The van der Waals surface area contributed by atoms with Crippen LogP contribution in [0.25, 0.3) is 0 Å². The molecule has 0 spiro atoms. The Hall–Kier alpha value is -0.750. The van der Waals surface area contributed by atoms with E-state index in [2.05, 4.69) is 27.5 Å². The lowest BCUT2D eigenvalue weighted by Crippen LogP contribution is -2.37. The summed E-state index contributed by atoms with van der Waals surface area (Å²) < 4.78 is 15.7. The van der Waals surface area contributed by atoms with Gasteiger partial charge >= 0.3 is 8.25 Å². The molecule has 8 heteroatoms. The average molecular weight is 330 g/mol. The van der Waals surface area contributed by atoms with Gasteiger partial charge in [0.25, 0.3) is 0 Å². The third-order valence-electron chi connectivity index (χ3n) is 3.82. The highest BCUT2D eigenvalue weighted by atomic mass is 32.1. The normalized spacial score (nSPS) is 22.9. The second-order valence-electron chi connectivity index (χ2n) is 5.19. The van der Waals surface area contributed by atoms with E-state index < -0.39 is 8.25 Å². The number of hydrogen-bond acceptors (Lipinski definition) is 6. The lowest BCUT2D eigenvalue weighted by atomic mass is 9.92. The molecule has 6 nitrogen and oxygen atoms in total. The molecule has 1 aromatic rings. The maximum atomic E-state index is 10.7. The fourth-order valence-electron chi connectivity index (χ4n) is 2.66. The zero-order valence-electron chi connectivity index (χ0n) is 12.1.